The number of aromatic nitrogens is 2. The van der Waals surface area contributed by atoms with Crippen LogP contribution in [0.3, 0.4) is 0 Å². The Morgan fingerprint density at radius 2 is 1.79 bits per heavy atom. The van der Waals surface area contributed by atoms with E-state index in [0.717, 1.165) is 24.3 Å². The molecule has 1 atom stereocenters. The number of hydrogen-bond donors (Lipinski definition) is 3. The van der Waals surface area contributed by atoms with Gasteiger partial charge in [0.25, 0.3) is 11.5 Å². The maximum absolute atomic E-state index is 14.5. The van der Waals surface area contributed by atoms with Crippen LogP contribution in [-0.4, -0.2) is 26.8 Å². The monoisotopic (exact) mass is 473 g/mol. The third-order valence-corrected chi connectivity index (χ3v) is 4.51. The third kappa shape index (κ3) is 5.07. The van der Waals surface area contributed by atoms with E-state index in [1.165, 1.54) is 0 Å². The fourth-order valence-electron chi connectivity index (χ4n) is 3.04. The van der Waals surface area contributed by atoms with E-state index in [9.17, 15) is 40.7 Å². The van der Waals surface area contributed by atoms with Gasteiger partial charge in [0.1, 0.15) is 23.0 Å². The lowest BCUT2D eigenvalue weighted by Gasteiger charge is -2.19. The number of carbonyl (C=O) groups excluding carboxylic acids is 1. The third-order valence-electron chi connectivity index (χ3n) is 4.51. The molecule has 0 bridgehead atoms. The van der Waals surface area contributed by atoms with Gasteiger partial charge in [-0.25, -0.2) is 17.9 Å². The van der Waals surface area contributed by atoms with Crippen molar-refractivity contribution < 1.29 is 41.0 Å². The molecular formula is C20H13F6N3O4. The predicted molar refractivity (Wildman–Crippen MR) is 100 cm³/mol. The number of hydrogen-bond acceptors (Lipinski definition) is 3. The van der Waals surface area contributed by atoms with Crippen LogP contribution in [0, 0.1) is 17.5 Å². The Bertz CT molecular complexity index is 1280. The maximum Gasteiger partial charge on any atom is 0.419 e. The van der Waals surface area contributed by atoms with Gasteiger partial charge in [0, 0.05) is 17.7 Å². The molecule has 1 aromatic heterocycles. The van der Waals surface area contributed by atoms with Crippen molar-refractivity contribution in [3.8, 4) is 5.69 Å². The Kier molecular flexibility index (Phi) is 6.33. The van der Waals surface area contributed by atoms with E-state index in [2.05, 4.69) is 10.4 Å². The van der Waals surface area contributed by atoms with E-state index in [1.807, 2.05) is 0 Å². The van der Waals surface area contributed by atoms with Crippen molar-refractivity contribution in [3.05, 3.63) is 87.1 Å². The second-order valence-corrected chi connectivity index (χ2v) is 6.77. The molecule has 0 spiro atoms. The molecule has 0 aliphatic rings. The zero-order chi connectivity index (χ0) is 24.5. The molecular weight excluding hydrogens is 460 g/mol. The molecule has 0 saturated heterocycles. The van der Waals surface area contributed by atoms with Gasteiger partial charge in [0.05, 0.1) is 18.0 Å². The van der Waals surface area contributed by atoms with Crippen LogP contribution in [0.15, 0.2) is 47.3 Å². The topological polar surface area (TPSA) is 104 Å². The molecule has 3 N–H and O–H groups in total. The number of benzene rings is 2. The van der Waals surface area contributed by atoms with Gasteiger partial charge in [0.15, 0.2) is 5.82 Å². The van der Waals surface area contributed by atoms with E-state index in [1.54, 1.807) is 0 Å². The highest BCUT2D eigenvalue weighted by Crippen LogP contribution is 2.34. The molecule has 0 aliphatic heterocycles. The molecule has 1 amide bonds. The first-order valence-corrected chi connectivity index (χ1v) is 9.04. The Labute approximate surface area is 180 Å². The zero-order valence-electron chi connectivity index (χ0n) is 16.2. The largest absolute Gasteiger partial charge is 0.481 e. The van der Waals surface area contributed by atoms with Crippen LogP contribution in [0.4, 0.5) is 26.3 Å². The first-order valence-electron chi connectivity index (χ1n) is 9.04. The molecule has 7 nitrogen and oxygen atoms in total. The minimum Gasteiger partial charge on any atom is -0.481 e. The summed E-state index contributed by atoms with van der Waals surface area (Å²) in [4.78, 5) is 35.9. The van der Waals surface area contributed by atoms with E-state index in [4.69, 9.17) is 5.11 Å². The van der Waals surface area contributed by atoms with Crippen LogP contribution in [0.2, 0.25) is 0 Å². The summed E-state index contributed by atoms with van der Waals surface area (Å²) < 4.78 is 81.1. The fraction of sp³-hybridized carbons (Fsp3) is 0.150. The number of halogens is 6. The van der Waals surface area contributed by atoms with Gasteiger partial charge < -0.3 is 10.4 Å². The summed E-state index contributed by atoms with van der Waals surface area (Å²) in [5.41, 5.74) is -4.33. The van der Waals surface area contributed by atoms with Gasteiger partial charge in [-0.3, -0.25) is 19.5 Å². The normalized spacial score (nSPS) is 12.4. The van der Waals surface area contributed by atoms with Crippen molar-refractivity contribution in [1.29, 1.82) is 0 Å². The minimum atomic E-state index is -5.07. The molecule has 3 rings (SSSR count). The molecule has 174 valence electrons. The van der Waals surface area contributed by atoms with Gasteiger partial charge in [-0.15, -0.1) is 0 Å². The summed E-state index contributed by atoms with van der Waals surface area (Å²) in [5.74, 6) is -6.57. The van der Waals surface area contributed by atoms with E-state index in [-0.39, 0.29) is 0 Å². The minimum absolute atomic E-state index is 0.438. The van der Waals surface area contributed by atoms with E-state index >= 15 is 0 Å². The van der Waals surface area contributed by atoms with Crippen LogP contribution in [0.5, 0.6) is 0 Å². The molecule has 0 radical (unpaired) electrons. The maximum atomic E-state index is 14.5. The van der Waals surface area contributed by atoms with E-state index < -0.39 is 76.0 Å². The molecule has 1 unspecified atom stereocenters. The van der Waals surface area contributed by atoms with Crippen LogP contribution in [0.1, 0.15) is 34.1 Å². The highest BCUT2D eigenvalue weighted by atomic mass is 19.4. The number of carboxylic acid groups (broad SMARTS) is 1. The Balaban J connectivity index is 1.96. The van der Waals surface area contributed by atoms with Crippen molar-refractivity contribution in [2.45, 2.75) is 18.6 Å². The number of carbonyl (C=O) groups is 2. The van der Waals surface area contributed by atoms with Gasteiger partial charge >= 0.3 is 12.1 Å². The smallest absolute Gasteiger partial charge is 0.419 e. The number of nitrogens with one attached hydrogen (secondary N) is 2. The molecule has 33 heavy (non-hydrogen) atoms. The molecule has 1 heterocycles. The number of alkyl halides is 3. The van der Waals surface area contributed by atoms with Crippen molar-refractivity contribution in [2.24, 2.45) is 0 Å². The lowest BCUT2D eigenvalue weighted by Crippen LogP contribution is -2.31. The Hall–Kier alpha value is -4.03. The lowest BCUT2D eigenvalue weighted by molar-refractivity contribution is -0.140. The number of carboxylic acids is 1. The first kappa shape index (κ1) is 23.6. The highest BCUT2D eigenvalue weighted by molar-refractivity contribution is 5.92. The number of rotatable bonds is 6. The Morgan fingerprint density at radius 1 is 1.09 bits per heavy atom. The summed E-state index contributed by atoms with van der Waals surface area (Å²) in [7, 11) is 0. The number of aliphatic carboxylic acids is 1. The zero-order valence-corrected chi connectivity index (χ0v) is 16.2. The fourth-order valence-corrected chi connectivity index (χ4v) is 3.04. The molecule has 0 aliphatic carbocycles. The van der Waals surface area contributed by atoms with E-state index in [0.29, 0.717) is 22.9 Å². The van der Waals surface area contributed by atoms with Gasteiger partial charge in [-0.2, -0.15) is 13.2 Å². The average molecular weight is 473 g/mol. The number of nitrogens with zero attached hydrogens (tertiary/aromatic N) is 1. The van der Waals surface area contributed by atoms with Crippen LogP contribution in [0.25, 0.3) is 5.69 Å². The lowest BCUT2D eigenvalue weighted by atomic mass is 9.99. The van der Waals surface area contributed by atoms with Gasteiger partial charge in [-0.05, 0) is 18.2 Å². The molecule has 2 aromatic carbocycles. The van der Waals surface area contributed by atoms with Crippen LogP contribution >= 0.6 is 0 Å². The summed E-state index contributed by atoms with van der Waals surface area (Å²) in [5, 5.41) is 13.3. The van der Waals surface area contributed by atoms with Crippen molar-refractivity contribution >= 4 is 11.9 Å². The van der Waals surface area contributed by atoms with Crippen molar-refractivity contribution in [1.82, 2.24) is 15.1 Å². The van der Waals surface area contributed by atoms with Crippen LogP contribution < -0.4 is 10.9 Å². The highest BCUT2D eigenvalue weighted by Gasteiger charge is 2.36. The van der Waals surface area contributed by atoms with Crippen LogP contribution in [-0.2, 0) is 11.0 Å². The SMILES string of the molecule is O=C(O)CC(NC(=O)c1cc(=O)n(-c2ccc(F)cc2F)[nH]1)c1cccc(C(F)(F)F)c1F. The second-order valence-electron chi connectivity index (χ2n) is 6.77. The van der Waals surface area contributed by atoms with Crippen molar-refractivity contribution in [3.63, 3.8) is 0 Å². The molecule has 0 saturated carbocycles. The molecule has 0 fully saturated rings. The Morgan fingerprint density at radius 3 is 2.39 bits per heavy atom. The summed E-state index contributed by atoms with van der Waals surface area (Å²) >= 11 is 0. The number of H-pyrrole nitrogens is 1. The van der Waals surface area contributed by atoms with Crippen molar-refractivity contribution in [2.75, 3.05) is 0 Å². The quantitative estimate of drug-likeness (QED) is 0.477. The predicted octanol–water partition coefficient (Wildman–Crippen LogP) is 3.55. The van der Waals surface area contributed by atoms with Gasteiger partial charge in [0.2, 0.25) is 0 Å². The first-order chi connectivity index (χ1) is 15.4. The summed E-state index contributed by atoms with van der Waals surface area (Å²) in [6.45, 7) is 0. The number of amides is 1. The summed E-state index contributed by atoms with van der Waals surface area (Å²) in [6, 6.07) is 3.37. The summed E-state index contributed by atoms with van der Waals surface area (Å²) in [6.07, 6.45) is -6.05. The average Bonchev–Trinajstić information content (AvgIpc) is 3.08. The standard InChI is InChI=1S/C20H13F6N3O4/c21-9-4-5-15(12(22)6-9)29-16(30)7-14(28-29)19(33)27-13(8-17(31)32)10-2-1-3-11(18(10)23)20(24,25)26/h1-7,13,28H,8H2,(H,27,33)(H,31,32). The second kappa shape index (κ2) is 8.84. The number of aromatic amines is 1. The molecule has 3 aromatic rings. The molecule has 13 heteroatoms. The van der Waals surface area contributed by atoms with Gasteiger partial charge in [-0.1, -0.05) is 12.1 Å².